The molecule has 0 aliphatic heterocycles. The minimum atomic E-state index is -0.424. The Balaban J connectivity index is 1.45. The maximum atomic E-state index is 13.4. The molecule has 3 rings (SSSR count). The van der Waals surface area contributed by atoms with Gasteiger partial charge in [0.15, 0.2) is 11.6 Å². The number of rotatable bonds is 7. The third-order valence-corrected chi connectivity index (χ3v) is 3.43. The normalized spacial score (nSPS) is 10.4. The van der Waals surface area contributed by atoms with E-state index in [1.54, 1.807) is 35.0 Å². The van der Waals surface area contributed by atoms with Crippen LogP contribution < -0.4 is 10.1 Å². The summed E-state index contributed by atoms with van der Waals surface area (Å²) >= 11 is 0. The maximum absolute atomic E-state index is 13.4. The van der Waals surface area contributed by atoms with E-state index >= 15 is 0 Å². The molecule has 0 saturated heterocycles. The zero-order valence-electron chi connectivity index (χ0n) is 13.3. The first-order valence-electron chi connectivity index (χ1n) is 7.67. The monoisotopic (exact) mass is 341 g/mol. The van der Waals surface area contributed by atoms with Gasteiger partial charge in [-0.3, -0.25) is 4.79 Å². The minimum absolute atomic E-state index is 0.170. The first-order chi connectivity index (χ1) is 12.2. The average Bonchev–Trinajstić information content (AvgIpc) is 3.13. The molecule has 1 heterocycles. The van der Waals surface area contributed by atoms with Crippen LogP contribution >= 0.6 is 0 Å². The van der Waals surface area contributed by atoms with Crippen LogP contribution in [0.1, 0.15) is 15.9 Å². The number of ether oxygens (including phenoxy) is 1. The van der Waals surface area contributed by atoms with Crippen molar-refractivity contribution < 1.29 is 13.9 Å². The number of amides is 1. The minimum Gasteiger partial charge on any atom is -0.489 e. The summed E-state index contributed by atoms with van der Waals surface area (Å²) < 4.78 is 20.3. The van der Waals surface area contributed by atoms with Gasteiger partial charge in [0.2, 0.25) is 0 Å². The molecule has 128 valence electrons. The van der Waals surface area contributed by atoms with E-state index in [0.29, 0.717) is 12.1 Å². The summed E-state index contributed by atoms with van der Waals surface area (Å²) in [5, 5.41) is 13.6. The topological polar surface area (TPSA) is 81.9 Å². The van der Waals surface area contributed by atoms with Crippen molar-refractivity contribution in [2.24, 2.45) is 0 Å². The maximum Gasteiger partial charge on any atom is 0.251 e. The molecule has 25 heavy (non-hydrogen) atoms. The fourth-order valence-corrected chi connectivity index (χ4v) is 2.19. The molecular formula is C17H16FN5O2. The quantitative estimate of drug-likeness (QED) is 0.661. The number of tetrazole rings is 1. The summed E-state index contributed by atoms with van der Waals surface area (Å²) in [5.41, 5.74) is 1.51. The van der Waals surface area contributed by atoms with Gasteiger partial charge in [-0.25, -0.2) is 9.07 Å². The number of nitrogens with zero attached hydrogens (tertiary/aromatic N) is 4. The number of hydrogen-bond acceptors (Lipinski definition) is 5. The molecule has 0 aliphatic carbocycles. The van der Waals surface area contributed by atoms with Gasteiger partial charge < -0.3 is 10.1 Å². The van der Waals surface area contributed by atoms with Crippen LogP contribution in [0.4, 0.5) is 4.39 Å². The van der Waals surface area contributed by atoms with E-state index in [-0.39, 0.29) is 24.8 Å². The predicted octanol–water partition coefficient (Wildman–Crippen LogP) is 1.67. The van der Waals surface area contributed by atoms with Crippen LogP contribution in [-0.2, 0) is 6.54 Å². The van der Waals surface area contributed by atoms with E-state index in [1.165, 1.54) is 12.4 Å². The number of benzene rings is 2. The molecule has 1 amide bonds. The first kappa shape index (κ1) is 16.6. The van der Waals surface area contributed by atoms with Crippen molar-refractivity contribution in [2.75, 3.05) is 13.2 Å². The van der Waals surface area contributed by atoms with E-state index < -0.39 is 5.82 Å². The van der Waals surface area contributed by atoms with Crippen LogP contribution in [0.15, 0.2) is 54.9 Å². The lowest BCUT2D eigenvalue weighted by Gasteiger charge is -2.09. The second kappa shape index (κ2) is 8.00. The van der Waals surface area contributed by atoms with E-state index in [1.807, 2.05) is 12.1 Å². The highest BCUT2D eigenvalue weighted by Gasteiger charge is 2.06. The van der Waals surface area contributed by atoms with Gasteiger partial charge in [-0.05, 0) is 40.3 Å². The van der Waals surface area contributed by atoms with Gasteiger partial charge in [0, 0.05) is 5.56 Å². The summed E-state index contributed by atoms with van der Waals surface area (Å²) in [4.78, 5) is 12.1. The molecule has 2 aromatic carbocycles. The lowest BCUT2D eigenvalue weighted by molar-refractivity contribution is 0.0946. The highest BCUT2D eigenvalue weighted by molar-refractivity contribution is 5.94. The average molecular weight is 341 g/mol. The number of aromatic nitrogens is 4. The van der Waals surface area contributed by atoms with Crippen LogP contribution in [0.2, 0.25) is 0 Å². The lowest BCUT2D eigenvalue weighted by atomic mass is 10.1. The van der Waals surface area contributed by atoms with E-state index in [9.17, 15) is 9.18 Å². The van der Waals surface area contributed by atoms with Gasteiger partial charge in [-0.15, -0.1) is 5.10 Å². The first-order valence-corrected chi connectivity index (χ1v) is 7.67. The molecule has 0 fully saturated rings. The molecule has 0 bridgehead atoms. The van der Waals surface area contributed by atoms with Crippen LogP contribution in [0.25, 0.3) is 0 Å². The Morgan fingerprint density at radius 1 is 1.16 bits per heavy atom. The number of carbonyl (C=O) groups is 1. The Bertz CT molecular complexity index is 821. The molecule has 8 heteroatoms. The summed E-state index contributed by atoms with van der Waals surface area (Å²) in [7, 11) is 0. The van der Waals surface area contributed by atoms with Crippen molar-refractivity contribution in [1.82, 2.24) is 25.5 Å². The highest BCUT2D eigenvalue weighted by atomic mass is 19.1. The van der Waals surface area contributed by atoms with Crippen LogP contribution in [0.5, 0.6) is 5.75 Å². The standard InChI is InChI=1S/C17H16FN5O2/c18-15-3-1-2-4-16(15)25-10-9-19-17(24)14-7-5-13(6-8-14)11-23-12-20-21-22-23/h1-8,12H,9-11H2,(H,19,24). The van der Waals surface area contributed by atoms with E-state index in [4.69, 9.17) is 4.74 Å². The van der Waals surface area contributed by atoms with Gasteiger partial charge >= 0.3 is 0 Å². The number of para-hydroxylation sites is 1. The Kier molecular flexibility index (Phi) is 5.30. The zero-order valence-corrected chi connectivity index (χ0v) is 13.3. The van der Waals surface area contributed by atoms with Crippen molar-refractivity contribution >= 4 is 5.91 Å². The Hall–Kier alpha value is -3.29. The van der Waals surface area contributed by atoms with Crippen molar-refractivity contribution in [1.29, 1.82) is 0 Å². The fraction of sp³-hybridized carbons (Fsp3) is 0.176. The number of halogens is 1. The molecule has 0 radical (unpaired) electrons. The summed E-state index contributed by atoms with van der Waals surface area (Å²) in [6.07, 6.45) is 1.52. The Morgan fingerprint density at radius 2 is 1.96 bits per heavy atom. The molecular weight excluding hydrogens is 325 g/mol. The summed E-state index contributed by atoms with van der Waals surface area (Å²) in [5.74, 6) is -0.471. The van der Waals surface area contributed by atoms with E-state index in [0.717, 1.165) is 5.56 Å². The highest BCUT2D eigenvalue weighted by Crippen LogP contribution is 2.14. The summed E-state index contributed by atoms with van der Waals surface area (Å²) in [6.45, 7) is 0.995. The molecule has 1 N–H and O–H groups in total. The van der Waals surface area contributed by atoms with Crippen molar-refractivity contribution in [3.63, 3.8) is 0 Å². The number of nitrogens with one attached hydrogen (secondary N) is 1. The molecule has 0 saturated carbocycles. The van der Waals surface area contributed by atoms with Gasteiger partial charge in [0.1, 0.15) is 12.9 Å². The van der Waals surface area contributed by atoms with Crippen LogP contribution in [-0.4, -0.2) is 39.3 Å². The molecule has 0 unspecified atom stereocenters. The van der Waals surface area contributed by atoms with Gasteiger partial charge in [0.05, 0.1) is 13.1 Å². The lowest BCUT2D eigenvalue weighted by Crippen LogP contribution is -2.28. The molecule has 0 spiro atoms. The molecule has 1 aromatic heterocycles. The third-order valence-electron chi connectivity index (χ3n) is 3.43. The van der Waals surface area contributed by atoms with Crippen LogP contribution in [0.3, 0.4) is 0 Å². The van der Waals surface area contributed by atoms with Crippen molar-refractivity contribution in [2.45, 2.75) is 6.54 Å². The largest absolute Gasteiger partial charge is 0.489 e. The molecule has 0 atom stereocenters. The zero-order chi connectivity index (χ0) is 17.5. The van der Waals surface area contributed by atoms with Gasteiger partial charge in [-0.1, -0.05) is 24.3 Å². The molecule has 7 nitrogen and oxygen atoms in total. The van der Waals surface area contributed by atoms with Gasteiger partial charge in [-0.2, -0.15) is 0 Å². The Morgan fingerprint density at radius 3 is 2.68 bits per heavy atom. The van der Waals surface area contributed by atoms with Crippen molar-refractivity contribution in [3.05, 3.63) is 71.8 Å². The summed E-state index contributed by atoms with van der Waals surface area (Å²) in [6, 6.07) is 13.3. The molecule has 0 aliphatic rings. The van der Waals surface area contributed by atoms with Crippen molar-refractivity contribution in [3.8, 4) is 5.75 Å². The van der Waals surface area contributed by atoms with Crippen LogP contribution in [0, 0.1) is 5.82 Å². The fourth-order valence-electron chi connectivity index (χ4n) is 2.19. The smallest absolute Gasteiger partial charge is 0.251 e. The SMILES string of the molecule is O=C(NCCOc1ccccc1F)c1ccc(Cn2cnnn2)cc1. The molecule has 3 aromatic rings. The Labute approximate surface area is 143 Å². The third kappa shape index (κ3) is 4.60. The van der Waals surface area contributed by atoms with Gasteiger partial charge in [0.25, 0.3) is 5.91 Å². The number of hydrogen-bond donors (Lipinski definition) is 1. The second-order valence-electron chi connectivity index (χ2n) is 5.24. The predicted molar refractivity (Wildman–Crippen MR) is 87.6 cm³/mol. The number of carbonyl (C=O) groups excluding carboxylic acids is 1. The van der Waals surface area contributed by atoms with E-state index in [2.05, 4.69) is 20.8 Å². The second-order valence-corrected chi connectivity index (χ2v) is 5.24.